The minimum Gasteiger partial charge on any atom is -0.345 e. The first kappa shape index (κ1) is 31.3. The zero-order chi connectivity index (χ0) is 35.6. The third-order valence-electron chi connectivity index (χ3n) is 12.2. The number of benzene rings is 7. The molecule has 0 atom stereocenters. The molecule has 3 heteroatoms. The second-order valence-electron chi connectivity index (χ2n) is 15.2. The summed E-state index contributed by atoms with van der Waals surface area (Å²) in [5.74, 6) is 0. The molecule has 54 heavy (non-hydrogen) atoms. The molecule has 3 aliphatic rings. The van der Waals surface area contributed by atoms with Gasteiger partial charge in [-0.25, -0.2) is 0 Å². The van der Waals surface area contributed by atoms with Crippen LogP contribution in [0.5, 0.6) is 0 Å². The second kappa shape index (κ2) is 12.7. The maximum Gasteiger partial charge on any atom is 0.0792 e. The average Bonchev–Trinajstić information content (AvgIpc) is 3.24. The first-order chi connectivity index (χ1) is 26.8. The minimum atomic E-state index is 1.00. The smallest absolute Gasteiger partial charge is 0.0792 e. The van der Waals surface area contributed by atoms with Crippen molar-refractivity contribution in [3.63, 3.8) is 0 Å². The number of para-hydroxylation sites is 1. The highest BCUT2D eigenvalue weighted by atomic mass is 15.2. The largest absolute Gasteiger partial charge is 0.345 e. The van der Waals surface area contributed by atoms with E-state index >= 15 is 0 Å². The molecule has 0 N–H and O–H groups in total. The maximum atomic E-state index is 5.23. The molecule has 7 aromatic carbocycles. The Morgan fingerprint density at radius 3 is 2.13 bits per heavy atom. The van der Waals surface area contributed by atoms with Gasteiger partial charge in [-0.3, -0.25) is 4.98 Å². The van der Waals surface area contributed by atoms with Crippen LogP contribution in [-0.2, 0) is 6.42 Å². The van der Waals surface area contributed by atoms with E-state index in [2.05, 4.69) is 155 Å². The lowest BCUT2D eigenvalue weighted by atomic mass is 9.85. The lowest BCUT2D eigenvalue weighted by molar-refractivity contribution is 0.692. The molecule has 0 amide bonds. The monoisotopic (exact) mass is 695 g/mol. The van der Waals surface area contributed by atoms with Crippen LogP contribution in [0.1, 0.15) is 37.7 Å². The molecule has 11 rings (SSSR count). The van der Waals surface area contributed by atoms with Crippen molar-refractivity contribution < 1.29 is 0 Å². The van der Waals surface area contributed by atoms with Crippen LogP contribution in [-0.4, -0.2) is 18.1 Å². The van der Waals surface area contributed by atoms with E-state index in [1.165, 1.54) is 107 Å². The number of hydrogen-bond acceptors (Lipinski definition) is 3. The number of pyridine rings is 1. The number of hydrogen-bond donors (Lipinski definition) is 0. The Bertz CT molecular complexity index is 2860. The number of aryl methyl sites for hydroxylation is 1. The number of anilines is 3. The van der Waals surface area contributed by atoms with Gasteiger partial charge in [-0.1, -0.05) is 103 Å². The second-order valence-corrected chi connectivity index (χ2v) is 15.2. The summed E-state index contributed by atoms with van der Waals surface area (Å²) in [6.07, 6.45) is 13.5. The highest BCUT2D eigenvalue weighted by Crippen LogP contribution is 2.48. The fourth-order valence-electron chi connectivity index (χ4n) is 9.66. The number of nitrogens with zero attached hydrogens (tertiary/aromatic N) is 3. The highest BCUT2D eigenvalue weighted by Gasteiger charge is 2.26. The summed E-state index contributed by atoms with van der Waals surface area (Å²) < 4.78 is 0. The van der Waals surface area contributed by atoms with E-state index in [9.17, 15) is 0 Å². The quantitative estimate of drug-likeness (QED) is 0.171. The molecular formula is C51H41N3. The molecule has 0 unspecified atom stereocenters. The zero-order valence-corrected chi connectivity index (χ0v) is 30.4. The molecule has 1 aromatic heterocycles. The van der Waals surface area contributed by atoms with Gasteiger partial charge in [-0.2, -0.15) is 0 Å². The zero-order valence-electron chi connectivity index (χ0n) is 30.4. The average molecular weight is 696 g/mol. The summed E-state index contributed by atoms with van der Waals surface area (Å²) in [6.45, 7) is 2.05. The van der Waals surface area contributed by atoms with Crippen molar-refractivity contribution in [3.05, 3.63) is 169 Å². The molecule has 8 aromatic rings. The molecule has 260 valence electrons. The van der Waals surface area contributed by atoms with Crippen molar-refractivity contribution in [1.82, 2.24) is 4.98 Å². The van der Waals surface area contributed by atoms with E-state index in [0.29, 0.717) is 0 Å². The molecule has 1 aliphatic carbocycles. The van der Waals surface area contributed by atoms with Crippen LogP contribution in [0.3, 0.4) is 0 Å². The number of aromatic nitrogens is 1. The molecule has 0 saturated heterocycles. The van der Waals surface area contributed by atoms with Gasteiger partial charge in [0.1, 0.15) is 0 Å². The summed E-state index contributed by atoms with van der Waals surface area (Å²) in [5, 5.41) is 9.91. The SMILES string of the molecule is C1=CC2=C(CC1)N(c1ccc3c(-c4nccc5ccccc45)c4cc(N5CCCc6ccccc65)ccc4c(-c4ccc5ccccc5c4)c3c1)CCC2. The molecule has 3 heterocycles. The molecular weight excluding hydrogens is 655 g/mol. The van der Waals surface area contributed by atoms with Crippen LogP contribution in [0.15, 0.2) is 163 Å². The van der Waals surface area contributed by atoms with Crippen LogP contribution in [0.4, 0.5) is 17.1 Å². The molecule has 0 saturated carbocycles. The van der Waals surface area contributed by atoms with Gasteiger partial charge in [0, 0.05) is 53.0 Å². The maximum absolute atomic E-state index is 5.23. The molecule has 0 fully saturated rings. The van der Waals surface area contributed by atoms with E-state index in [-0.39, 0.29) is 0 Å². The van der Waals surface area contributed by atoms with Crippen molar-refractivity contribution in [2.75, 3.05) is 22.9 Å². The van der Waals surface area contributed by atoms with Crippen molar-refractivity contribution >= 4 is 60.2 Å². The van der Waals surface area contributed by atoms with E-state index in [1.54, 1.807) is 0 Å². The third kappa shape index (κ3) is 5.06. The number of rotatable bonds is 4. The van der Waals surface area contributed by atoms with Crippen molar-refractivity contribution in [2.45, 2.75) is 38.5 Å². The Morgan fingerprint density at radius 2 is 1.22 bits per heavy atom. The molecule has 2 aliphatic heterocycles. The van der Waals surface area contributed by atoms with Crippen molar-refractivity contribution in [3.8, 4) is 22.4 Å². The van der Waals surface area contributed by atoms with E-state index < -0.39 is 0 Å². The summed E-state index contributed by atoms with van der Waals surface area (Å²) in [7, 11) is 0. The van der Waals surface area contributed by atoms with Crippen molar-refractivity contribution in [1.29, 1.82) is 0 Å². The summed E-state index contributed by atoms with van der Waals surface area (Å²) in [6, 6.07) is 50.1. The van der Waals surface area contributed by atoms with Crippen LogP contribution in [0.2, 0.25) is 0 Å². The lowest BCUT2D eigenvalue weighted by Crippen LogP contribution is -2.29. The number of allylic oxidation sites excluding steroid dienone is 4. The van der Waals surface area contributed by atoms with Crippen molar-refractivity contribution in [2.24, 2.45) is 0 Å². The van der Waals surface area contributed by atoms with Gasteiger partial charge in [0.05, 0.1) is 5.69 Å². The van der Waals surface area contributed by atoms with Gasteiger partial charge in [-0.15, -0.1) is 0 Å². The molecule has 0 radical (unpaired) electrons. The molecule has 0 bridgehead atoms. The fourth-order valence-corrected chi connectivity index (χ4v) is 9.66. The summed E-state index contributed by atoms with van der Waals surface area (Å²) in [4.78, 5) is 10.4. The summed E-state index contributed by atoms with van der Waals surface area (Å²) in [5.41, 5.74) is 13.0. The van der Waals surface area contributed by atoms with Gasteiger partial charge in [-0.05, 0) is 141 Å². The normalized spacial score (nSPS) is 15.7. The Morgan fingerprint density at radius 1 is 0.500 bits per heavy atom. The Hall–Kier alpha value is -6.19. The van der Waals surface area contributed by atoms with Crippen LogP contribution >= 0.6 is 0 Å². The number of fused-ring (bicyclic) bond motifs is 5. The van der Waals surface area contributed by atoms with Crippen LogP contribution in [0, 0.1) is 0 Å². The fraction of sp³-hybridized carbons (Fsp3) is 0.157. The Kier molecular flexibility index (Phi) is 7.40. The first-order valence-corrected chi connectivity index (χ1v) is 19.7. The Balaban J connectivity index is 1.25. The summed E-state index contributed by atoms with van der Waals surface area (Å²) >= 11 is 0. The van der Waals surface area contributed by atoms with Crippen LogP contribution < -0.4 is 9.80 Å². The van der Waals surface area contributed by atoms with Gasteiger partial charge >= 0.3 is 0 Å². The topological polar surface area (TPSA) is 19.4 Å². The first-order valence-electron chi connectivity index (χ1n) is 19.7. The predicted octanol–water partition coefficient (Wildman–Crippen LogP) is 13.3. The highest BCUT2D eigenvalue weighted by molar-refractivity contribution is 6.24. The third-order valence-corrected chi connectivity index (χ3v) is 12.2. The van der Waals surface area contributed by atoms with Gasteiger partial charge < -0.3 is 9.80 Å². The lowest BCUT2D eigenvalue weighted by Gasteiger charge is -2.35. The van der Waals surface area contributed by atoms with Gasteiger partial charge in [0.2, 0.25) is 0 Å². The van der Waals surface area contributed by atoms with Gasteiger partial charge in [0.15, 0.2) is 0 Å². The van der Waals surface area contributed by atoms with Gasteiger partial charge in [0.25, 0.3) is 0 Å². The molecule has 3 nitrogen and oxygen atoms in total. The minimum absolute atomic E-state index is 1.00. The van der Waals surface area contributed by atoms with Crippen LogP contribution in [0.25, 0.3) is 65.5 Å². The standard InChI is InChI=1S/C51H41N3/c1-2-15-38-31-39(22-21-34(38)11-1)49-43-25-23-41(54-30-10-17-37-14-5-8-20-48(37)54)33-46(43)50(51-42-18-6-3-12-35(42)27-28-52-51)44-26-24-40(32-45(44)49)53-29-9-16-36-13-4-7-19-47(36)53/h1-6,8,11-15,18,20-28,31-33H,7,9-10,16-17,19,29-30H2. The van der Waals surface area contributed by atoms with E-state index in [1.807, 2.05) is 6.20 Å². The molecule has 0 spiro atoms. The Labute approximate surface area is 316 Å². The predicted molar refractivity (Wildman–Crippen MR) is 229 cm³/mol. The van der Waals surface area contributed by atoms with E-state index in [4.69, 9.17) is 4.98 Å². The van der Waals surface area contributed by atoms with E-state index in [0.717, 1.165) is 44.5 Å².